The molecule has 556 valence electrons. The summed E-state index contributed by atoms with van der Waals surface area (Å²) in [7, 11) is 0. The zero-order valence-electron chi connectivity index (χ0n) is 66.9. The highest BCUT2D eigenvalue weighted by atomic mass is 19.1. The highest BCUT2D eigenvalue weighted by Gasteiger charge is 2.32. The van der Waals surface area contributed by atoms with Gasteiger partial charge >= 0.3 is 0 Å². The van der Waals surface area contributed by atoms with Gasteiger partial charge in [-0.25, -0.2) is 4.39 Å². The molecular formula is C95H143FN4O. The van der Waals surface area contributed by atoms with Crippen LogP contribution in [0.4, 0.5) is 4.39 Å². The highest BCUT2D eigenvalue weighted by molar-refractivity contribution is 5.30. The molecule has 5 aromatic carbocycles. The van der Waals surface area contributed by atoms with Crippen LogP contribution in [0.1, 0.15) is 262 Å². The second-order valence-electron chi connectivity index (χ2n) is 34.3. The predicted octanol–water partition coefficient (Wildman–Crippen LogP) is 24.0. The van der Waals surface area contributed by atoms with Crippen molar-refractivity contribution in [3.8, 4) is 0 Å². The van der Waals surface area contributed by atoms with E-state index in [0.29, 0.717) is 24.2 Å². The van der Waals surface area contributed by atoms with E-state index in [1.165, 1.54) is 214 Å². The number of benzene rings is 5. The second kappa shape index (κ2) is 43.3. The zero-order valence-corrected chi connectivity index (χ0v) is 66.9. The average molecular weight is 1380 g/mol. The first kappa shape index (κ1) is 83.1. The summed E-state index contributed by atoms with van der Waals surface area (Å²) in [6.45, 7) is 44.7. The molecule has 3 saturated heterocycles. The molecule has 4 unspecified atom stereocenters. The Kier molecular flexibility index (Phi) is 35.6. The quantitative estimate of drug-likeness (QED) is 0.0540. The van der Waals surface area contributed by atoms with Gasteiger partial charge in [-0.15, -0.1) is 0 Å². The number of aryl methyl sites for hydroxylation is 6. The number of ether oxygens (including phenoxy) is 1. The number of likely N-dealkylation sites (tertiary alicyclic amines) is 2. The standard InChI is InChI=1S/C25H39N.C24H36FN.C24H33N.C22H35NO/c1-20(2)19-25(14-13-22-11-9-21(3)10-12-22)26-17-15-24(16-18-26)23-7-5-4-6-8-23;1-19(2)18-24(13-10-20-8-11-23(25)12-9-20)26-16-14-22(15-17-26)21-6-4-3-5-7-21;1-18(2)15-23(25-17-21-11-7-19(3)8-12-21)16-24(5,6)22-13-9-20(4)10-14-22;1-17(2)14-21(23-16-19-10-12-24-13-11-19)15-22(4,5)20-8-6-18(3)7-9-20/h9-12,19,23-25H,4-8,13-18H2,1-3H3;8-9,11-12,18,21-22,24H,3-7,10,13-17H2,1-2H3;7-15,23,25H,16-17H2,1-6H3;6-9,14,19,21,23H,10-13,15-16H2,1-5H3. The summed E-state index contributed by atoms with van der Waals surface area (Å²) < 4.78 is 18.6. The Labute approximate surface area is 619 Å². The van der Waals surface area contributed by atoms with Crippen LogP contribution in [0.15, 0.2) is 168 Å². The average Bonchev–Trinajstić information content (AvgIpc) is 0.851. The molecule has 5 fully saturated rings. The number of piperidine rings is 2. The van der Waals surface area contributed by atoms with Gasteiger partial charge in [0.05, 0.1) is 0 Å². The van der Waals surface area contributed by atoms with E-state index in [1.54, 1.807) is 12.1 Å². The number of hydrogen-bond acceptors (Lipinski definition) is 5. The summed E-state index contributed by atoms with van der Waals surface area (Å²) in [5, 5.41) is 7.57. The van der Waals surface area contributed by atoms with E-state index in [1.807, 2.05) is 12.1 Å². The van der Waals surface area contributed by atoms with E-state index in [9.17, 15) is 4.39 Å². The molecule has 2 N–H and O–H groups in total. The third kappa shape index (κ3) is 30.8. The van der Waals surface area contributed by atoms with Crippen molar-refractivity contribution >= 4 is 0 Å². The van der Waals surface area contributed by atoms with Crippen molar-refractivity contribution in [2.75, 3.05) is 45.9 Å². The van der Waals surface area contributed by atoms with E-state index in [-0.39, 0.29) is 16.6 Å². The molecule has 5 aromatic rings. The van der Waals surface area contributed by atoms with Crippen molar-refractivity contribution < 1.29 is 9.13 Å². The largest absolute Gasteiger partial charge is 0.381 e. The Bertz CT molecular complexity index is 3090. The Morgan fingerprint density at radius 1 is 0.416 bits per heavy atom. The maximum absolute atomic E-state index is 13.1. The molecule has 0 spiro atoms. The van der Waals surface area contributed by atoms with Crippen LogP contribution >= 0.6 is 0 Å². The molecule has 10 rings (SSSR count). The molecule has 0 amide bonds. The molecule has 101 heavy (non-hydrogen) atoms. The van der Waals surface area contributed by atoms with Crippen LogP contribution in [0.3, 0.4) is 0 Å². The summed E-state index contributed by atoms with van der Waals surface area (Å²) in [6, 6.07) is 44.9. The van der Waals surface area contributed by atoms with Gasteiger partial charge in [0.25, 0.3) is 0 Å². The third-order valence-corrected chi connectivity index (χ3v) is 23.2. The van der Waals surface area contributed by atoms with Crippen molar-refractivity contribution in [1.82, 2.24) is 20.4 Å². The lowest BCUT2D eigenvalue weighted by atomic mass is 9.75. The molecule has 3 aliphatic heterocycles. The Hall–Kier alpha value is -5.21. The zero-order chi connectivity index (χ0) is 72.7. The fourth-order valence-corrected chi connectivity index (χ4v) is 17.0. The molecule has 0 aromatic heterocycles. The van der Waals surface area contributed by atoms with Crippen LogP contribution < -0.4 is 10.6 Å². The van der Waals surface area contributed by atoms with E-state index < -0.39 is 0 Å². The first-order valence-electron chi connectivity index (χ1n) is 40.5. The van der Waals surface area contributed by atoms with E-state index >= 15 is 0 Å². The van der Waals surface area contributed by atoms with Gasteiger partial charge < -0.3 is 15.4 Å². The summed E-state index contributed by atoms with van der Waals surface area (Å²) in [4.78, 5) is 5.48. The van der Waals surface area contributed by atoms with Crippen molar-refractivity contribution in [2.45, 2.75) is 294 Å². The molecular weight excluding hydrogens is 1230 g/mol. The van der Waals surface area contributed by atoms with Crippen LogP contribution in [-0.2, 0) is 35.0 Å². The fraction of sp³-hybridized carbons (Fsp3) is 0.600. The third-order valence-electron chi connectivity index (χ3n) is 23.2. The van der Waals surface area contributed by atoms with Crippen molar-refractivity contribution in [3.05, 3.63) is 224 Å². The maximum Gasteiger partial charge on any atom is 0.123 e. The van der Waals surface area contributed by atoms with Crippen LogP contribution in [0.25, 0.3) is 0 Å². The molecule has 0 bridgehead atoms. The van der Waals surface area contributed by atoms with E-state index in [0.717, 1.165) is 81.6 Å². The second-order valence-corrected chi connectivity index (χ2v) is 34.3. The lowest BCUT2D eigenvalue weighted by Crippen LogP contribution is -2.42. The number of rotatable bonds is 26. The van der Waals surface area contributed by atoms with Gasteiger partial charge in [-0.3, -0.25) is 9.80 Å². The molecule has 4 atom stereocenters. The predicted molar refractivity (Wildman–Crippen MR) is 436 cm³/mol. The minimum Gasteiger partial charge on any atom is -0.381 e. The Morgan fingerprint density at radius 2 is 0.743 bits per heavy atom. The topological polar surface area (TPSA) is 39.8 Å². The molecule has 2 saturated carbocycles. The summed E-state index contributed by atoms with van der Waals surface area (Å²) in [6.07, 6.45) is 39.4. The van der Waals surface area contributed by atoms with E-state index in [4.69, 9.17) is 4.74 Å². The summed E-state index contributed by atoms with van der Waals surface area (Å²) >= 11 is 0. The Balaban J connectivity index is 0.000000189. The first-order valence-corrected chi connectivity index (χ1v) is 40.5. The minimum absolute atomic E-state index is 0.130. The van der Waals surface area contributed by atoms with Gasteiger partial charge in [0, 0.05) is 43.9 Å². The van der Waals surface area contributed by atoms with Gasteiger partial charge in [-0.1, -0.05) is 270 Å². The number of nitrogens with one attached hydrogen (secondary N) is 2. The maximum atomic E-state index is 13.1. The van der Waals surface area contributed by atoms with E-state index in [2.05, 4.69) is 253 Å². The van der Waals surface area contributed by atoms with Gasteiger partial charge in [0.2, 0.25) is 0 Å². The lowest BCUT2D eigenvalue weighted by molar-refractivity contribution is 0.0656. The van der Waals surface area contributed by atoms with Crippen LogP contribution in [0.2, 0.25) is 0 Å². The SMILES string of the molecule is CC(C)=CC(CC(C)(C)c1ccc(C)cc1)NCC1CCOCC1.CC(C)=CC(CC(C)(C)c1ccc(C)cc1)NCc1ccc(C)cc1.CC(C)=CC(CCc1ccc(C)cc1)N1CCC(C2CCCCC2)CC1.CC(C)=CC(CCc1ccc(F)cc1)N1CCC(C2CCCCC2)CC1. The van der Waals surface area contributed by atoms with Gasteiger partial charge in [0.15, 0.2) is 0 Å². The van der Waals surface area contributed by atoms with Crippen LogP contribution in [0.5, 0.6) is 0 Å². The molecule has 2 aliphatic carbocycles. The Morgan fingerprint density at radius 3 is 1.11 bits per heavy atom. The molecule has 0 radical (unpaired) electrons. The minimum atomic E-state index is -0.139. The number of hydrogen-bond donors (Lipinski definition) is 2. The number of nitrogens with zero attached hydrogens (tertiary/aromatic N) is 2. The van der Waals surface area contributed by atoms with Crippen molar-refractivity contribution in [2.24, 2.45) is 29.6 Å². The van der Waals surface area contributed by atoms with Gasteiger partial charge in [-0.05, 0) is 273 Å². The molecule has 5 nitrogen and oxygen atoms in total. The highest BCUT2D eigenvalue weighted by Crippen LogP contribution is 2.39. The smallest absolute Gasteiger partial charge is 0.123 e. The monoisotopic (exact) mass is 1380 g/mol. The molecule has 5 aliphatic rings. The van der Waals surface area contributed by atoms with Crippen LogP contribution in [-0.4, -0.2) is 79.9 Å². The van der Waals surface area contributed by atoms with Gasteiger partial charge in [0.1, 0.15) is 5.82 Å². The van der Waals surface area contributed by atoms with Crippen molar-refractivity contribution in [1.29, 1.82) is 0 Å². The normalized spacial score (nSPS) is 18.4. The molecule has 3 heterocycles. The molecule has 6 heteroatoms. The number of halogens is 1. The lowest BCUT2D eigenvalue weighted by Gasteiger charge is -2.40. The number of allylic oxidation sites excluding steroid dienone is 4. The first-order chi connectivity index (χ1) is 48.4. The van der Waals surface area contributed by atoms with Crippen LogP contribution in [0, 0.1) is 63.1 Å². The summed E-state index contributed by atoms with van der Waals surface area (Å²) in [5.41, 5.74) is 18.1. The van der Waals surface area contributed by atoms with Gasteiger partial charge in [-0.2, -0.15) is 0 Å². The van der Waals surface area contributed by atoms with Crippen molar-refractivity contribution in [3.63, 3.8) is 0 Å². The fourth-order valence-electron chi connectivity index (χ4n) is 17.0. The summed E-state index contributed by atoms with van der Waals surface area (Å²) in [5.74, 6) is 4.65.